The second-order valence-electron chi connectivity index (χ2n) is 5.77. The Morgan fingerprint density at radius 3 is 2.44 bits per heavy atom. The Labute approximate surface area is 156 Å². The van der Waals surface area contributed by atoms with Crippen molar-refractivity contribution in [1.82, 2.24) is 5.01 Å². The molecule has 1 aliphatic rings. The van der Waals surface area contributed by atoms with Crippen LogP contribution in [-0.2, 0) is 4.79 Å². The van der Waals surface area contributed by atoms with Gasteiger partial charge in [0.2, 0.25) is 5.91 Å². The molecule has 0 aliphatic carbocycles. The number of allylic oxidation sites excluding steroid dienone is 1. The van der Waals surface area contributed by atoms with E-state index in [4.69, 9.17) is 28.9 Å². The van der Waals surface area contributed by atoms with Crippen molar-refractivity contribution in [3.05, 3.63) is 68.8 Å². The summed E-state index contributed by atoms with van der Waals surface area (Å²) in [6.45, 7) is 3.65. The molecular formula is C19H17Cl2N3O. The number of hydrogen-bond acceptors (Lipinski definition) is 3. The van der Waals surface area contributed by atoms with Crippen LogP contribution in [0.15, 0.2) is 47.2 Å². The van der Waals surface area contributed by atoms with Crippen molar-refractivity contribution >= 4 is 46.6 Å². The van der Waals surface area contributed by atoms with E-state index in [1.807, 2.05) is 25.1 Å². The second kappa shape index (κ2) is 6.90. The van der Waals surface area contributed by atoms with Crippen molar-refractivity contribution in [3.8, 4) is 0 Å². The molecule has 0 saturated carbocycles. The molecule has 2 aromatic rings. The van der Waals surface area contributed by atoms with Crippen molar-refractivity contribution in [3.63, 3.8) is 0 Å². The van der Waals surface area contributed by atoms with Crippen LogP contribution in [0.5, 0.6) is 0 Å². The van der Waals surface area contributed by atoms with Crippen molar-refractivity contribution < 1.29 is 4.79 Å². The lowest BCUT2D eigenvalue weighted by atomic mass is 9.97. The van der Waals surface area contributed by atoms with E-state index in [0.717, 1.165) is 22.4 Å². The monoisotopic (exact) mass is 373 g/mol. The number of amides is 1. The number of halogens is 2. The Hall–Kier alpha value is -2.30. The lowest BCUT2D eigenvalue weighted by Gasteiger charge is -2.17. The number of hydrogen-bond donors (Lipinski definition) is 1. The third kappa shape index (κ3) is 3.41. The highest BCUT2D eigenvalue weighted by atomic mass is 35.5. The van der Waals surface area contributed by atoms with Gasteiger partial charge in [0, 0.05) is 28.9 Å². The third-order valence-corrected chi connectivity index (χ3v) is 4.69. The molecule has 0 spiro atoms. The predicted molar refractivity (Wildman–Crippen MR) is 104 cm³/mol. The lowest BCUT2D eigenvalue weighted by molar-refractivity contribution is -0.128. The van der Waals surface area contributed by atoms with Crippen LogP contribution in [0.2, 0.25) is 10.0 Å². The van der Waals surface area contributed by atoms with E-state index >= 15 is 0 Å². The molecule has 0 aromatic heterocycles. The van der Waals surface area contributed by atoms with Crippen LogP contribution in [0.4, 0.5) is 5.69 Å². The first-order valence-electron chi connectivity index (χ1n) is 7.86. The van der Waals surface area contributed by atoms with Crippen molar-refractivity contribution in [1.29, 1.82) is 0 Å². The van der Waals surface area contributed by atoms with Crippen LogP contribution in [0, 0.1) is 0 Å². The SMILES string of the molecule is CCC(=O)N1N=C(c2ccc(N)cc2)c2cc(Cl)c(Cl)cc2C=C1C. The summed E-state index contributed by atoms with van der Waals surface area (Å²) in [5.74, 6) is -0.0910. The van der Waals surface area contributed by atoms with Gasteiger partial charge in [0.25, 0.3) is 0 Å². The molecule has 6 heteroatoms. The zero-order valence-corrected chi connectivity index (χ0v) is 15.4. The fourth-order valence-electron chi connectivity index (χ4n) is 2.66. The first-order valence-corrected chi connectivity index (χ1v) is 8.61. The number of anilines is 1. The smallest absolute Gasteiger partial charge is 0.246 e. The number of nitrogen functional groups attached to an aromatic ring is 1. The molecule has 0 radical (unpaired) electrons. The molecule has 4 nitrogen and oxygen atoms in total. The topological polar surface area (TPSA) is 58.7 Å². The Morgan fingerprint density at radius 1 is 1.16 bits per heavy atom. The van der Waals surface area contributed by atoms with E-state index < -0.39 is 0 Å². The Kier molecular flexibility index (Phi) is 4.84. The minimum absolute atomic E-state index is 0.0910. The van der Waals surface area contributed by atoms with Gasteiger partial charge in [-0.1, -0.05) is 42.3 Å². The van der Waals surface area contributed by atoms with Gasteiger partial charge in [0.1, 0.15) is 0 Å². The predicted octanol–water partition coefficient (Wildman–Crippen LogP) is 4.94. The van der Waals surface area contributed by atoms with Gasteiger partial charge in [-0.15, -0.1) is 0 Å². The number of nitrogens with zero attached hydrogens (tertiary/aromatic N) is 2. The number of hydrazone groups is 1. The molecule has 1 amide bonds. The average Bonchev–Trinajstić information content (AvgIpc) is 2.72. The van der Waals surface area contributed by atoms with Crippen LogP contribution in [0.1, 0.15) is 37.0 Å². The Balaban J connectivity index is 2.27. The fraction of sp³-hybridized carbons (Fsp3) is 0.158. The summed E-state index contributed by atoms with van der Waals surface area (Å²) < 4.78 is 0. The number of fused-ring (bicyclic) bond motifs is 1. The van der Waals surface area contributed by atoms with Crippen LogP contribution in [0.25, 0.3) is 6.08 Å². The van der Waals surface area contributed by atoms with Crippen molar-refractivity contribution in [2.45, 2.75) is 20.3 Å². The van der Waals surface area contributed by atoms with Gasteiger partial charge in [-0.2, -0.15) is 5.10 Å². The molecule has 0 atom stereocenters. The van der Waals surface area contributed by atoms with Crippen LogP contribution in [0.3, 0.4) is 0 Å². The summed E-state index contributed by atoms with van der Waals surface area (Å²) in [6, 6.07) is 10.9. The lowest BCUT2D eigenvalue weighted by Crippen LogP contribution is -2.24. The highest BCUT2D eigenvalue weighted by Crippen LogP contribution is 2.32. The van der Waals surface area contributed by atoms with E-state index in [0.29, 0.717) is 27.9 Å². The third-order valence-electron chi connectivity index (χ3n) is 3.97. The summed E-state index contributed by atoms with van der Waals surface area (Å²) in [4.78, 5) is 12.4. The highest BCUT2D eigenvalue weighted by molar-refractivity contribution is 6.42. The number of carbonyl (C=O) groups excluding carboxylic acids is 1. The summed E-state index contributed by atoms with van der Waals surface area (Å²) in [7, 11) is 0. The van der Waals surface area contributed by atoms with E-state index in [-0.39, 0.29) is 5.91 Å². The zero-order valence-electron chi connectivity index (χ0n) is 13.9. The second-order valence-corrected chi connectivity index (χ2v) is 6.58. The van der Waals surface area contributed by atoms with Gasteiger partial charge >= 0.3 is 0 Å². The number of nitrogens with two attached hydrogens (primary N) is 1. The molecule has 3 rings (SSSR count). The van der Waals surface area contributed by atoms with Gasteiger partial charge in [0.05, 0.1) is 15.8 Å². The summed E-state index contributed by atoms with van der Waals surface area (Å²) in [5, 5.41) is 6.94. The fourth-order valence-corrected chi connectivity index (χ4v) is 3.00. The largest absolute Gasteiger partial charge is 0.399 e. The number of carbonyl (C=O) groups is 1. The number of benzene rings is 2. The molecule has 0 fully saturated rings. The zero-order chi connectivity index (χ0) is 18.1. The van der Waals surface area contributed by atoms with Crippen LogP contribution >= 0.6 is 23.2 Å². The highest BCUT2D eigenvalue weighted by Gasteiger charge is 2.22. The minimum Gasteiger partial charge on any atom is -0.399 e. The van der Waals surface area contributed by atoms with Gasteiger partial charge in [-0.05, 0) is 42.8 Å². The van der Waals surface area contributed by atoms with E-state index in [2.05, 4.69) is 5.10 Å². The maximum absolute atomic E-state index is 12.4. The van der Waals surface area contributed by atoms with Gasteiger partial charge in [-0.25, -0.2) is 5.01 Å². The minimum atomic E-state index is -0.0910. The summed E-state index contributed by atoms with van der Waals surface area (Å²) >= 11 is 12.4. The molecule has 0 saturated heterocycles. The van der Waals surface area contributed by atoms with Crippen molar-refractivity contribution in [2.24, 2.45) is 5.10 Å². The van der Waals surface area contributed by atoms with E-state index in [1.54, 1.807) is 31.2 Å². The standard InChI is InChI=1S/C19H17Cl2N3O/c1-3-18(25)24-11(2)8-13-9-16(20)17(21)10-15(13)19(23-24)12-4-6-14(22)7-5-12/h4-10H,3,22H2,1-2H3. The average molecular weight is 374 g/mol. The molecule has 2 N–H and O–H groups in total. The summed E-state index contributed by atoms with van der Waals surface area (Å²) in [5.41, 5.74) is 10.3. The molecule has 0 unspecified atom stereocenters. The summed E-state index contributed by atoms with van der Waals surface area (Å²) in [6.07, 6.45) is 2.24. The Bertz CT molecular complexity index is 902. The quantitative estimate of drug-likeness (QED) is 0.757. The Morgan fingerprint density at radius 2 is 1.80 bits per heavy atom. The molecule has 2 aromatic carbocycles. The maximum atomic E-state index is 12.4. The molecule has 25 heavy (non-hydrogen) atoms. The molecular weight excluding hydrogens is 357 g/mol. The molecule has 1 aliphatic heterocycles. The normalized spacial score (nSPS) is 13.7. The van der Waals surface area contributed by atoms with Crippen molar-refractivity contribution in [2.75, 3.05) is 5.73 Å². The van der Waals surface area contributed by atoms with Crippen LogP contribution < -0.4 is 5.73 Å². The number of rotatable bonds is 2. The van der Waals surface area contributed by atoms with Gasteiger partial charge in [0.15, 0.2) is 0 Å². The molecule has 1 heterocycles. The van der Waals surface area contributed by atoms with Gasteiger partial charge in [-0.3, -0.25) is 4.79 Å². The first kappa shape index (κ1) is 17.5. The molecule has 0 bridgehead atoms. The van der Waals surface area contributed by atoms with Gasteiger partial charge < -0.3 is 5.73 Å². The van der Waals surface area contributed by atoms with Crippen LogP contribution in [-0.4, -0.2) is 16.6 Å². The molecule has 128 valence electrons. The van der Waals surface area contributed by atoms with E-state index in [9.17, 15) is 4.79 Å². The first-order chi connectivity index (χ1) is 11.9. The maximum Gasteiger partial charge on any atom is 0.246 e. The van der Waals surface area contributed by atoms with E-state index in [1.165, 1.54) is 5.01 Å².